The molecule has 0 heterocycles. The second-order valence-electron chi connectivity index (χ2n) is 2.93. The number of aliphatic hydroxyl groups excluding tert-OH is 1. The van der Waals surface area contributed by atoms with Crippen molar-refractivity contribution >= 4 is 6.09 Å². The van der Waals surface area contributed by atoms with Crippen LogP contribution in [0.15, 0.2) is 30.3 Å². The molecule has 1 aromatic rings. The SMILES string of the molecule is C[C@H](CO)NC(=O)Oc1ccccc1. The number of ether oxygens (including phenoxy) is 1. The first-order chi connectivity index (χ1) is 6.72. The lowest BCUT2D eigenvalue weighted by Crippen LogP contribution is -2.36. The number of aliphatic hydroxyl groups is 1. The van der Waals surface area contributed by atoms with Gasteiger partial charge in [-0.1, -0.05) is 18.2 Å². The molecule has 0 aliphatic carbocycles. The Morgan fingerprint density at radius 1 is 1.50 bits per heavy atom. The smallest absolute Gasteiger partial charge is 0.410 e. The number of hydrogen-bond donors (Lipinski definition) is 2. The van der Waals surface area contributed by atoms with Crippen molar-refractivity contribution in [2.75, 3.05) is 6.61 Å². The van der Waals surface area contributed by atoms with E-state index in [-0.39, 0.29) is 12.6 Å². The predicted molar refractivity (Wildman–Crippen MR) is 52.1 cm³/mol. The van der Waals surface area contributed by atoms with Gasteiger partial charge in [-0.05, 0) is 19.1 Å². The number of amides is 1. The predicted octanol–water partition coefficient (Wildman–Crippen LogP) is 1.16. The highest BCUT2D eigenvalue weighted by molar-refractivity contribution is 5.70. The highest BCUT2D eigenvalue weighted by atomic mass is 16.6. The van der Waals surface area contributed by atoms with E-state index in [2.05, 4.69) is 5.32 Å². The Hall–Kier alpha value is -1.55. The molecular formula is C10H13NO3. The zero-order valence-corrected chi connectivity index (χ0v) is 7.93. The molecule has 4 heteroatoms. The van der Waals surface area contributed by atoms with Crippen molar-refractivity contribution in [2.45, 2.75) is 13.0 Å². The maximum Gasteiger partial charge on any atom is 0.412 e. The third-order valence-electron chi connectivity index (χ3n) is 1.59. The van der Waals surface area contributed by atoms with Crippen LogP contribution in [0, 0.1) is 0 Å². The van der Waals surface area contributed by atoms with Gasteiger partial charge in [-0.25, -0.2) is 4.79 Å². The molecule has 1 aromatic carbocycles. The summed E-state index contributed by atoms with van der Waals surface area (Å²) in [5, 5.41) is 11.1. The Bertz CT molecular complexity index is 287. The van der Waals surface area contributed by atoms with Crippen molar-refractivity contribution in [3.63, 3.8) is 0 Å². The zero-order valence-electron chi connectivity index (χ0n) is 7.93. The van der Waals surface area contributed by atoms with E-state index in [1.165, 1.54) is 0 Å². The summed E-state index contributed by atoms with van der Waals surface area (Å²) in [6.45, 7) is 1.58. The fourth-order valence-electron chi connectivity index (χ4n) is 0.872. The molecule has 2 N–H and O–H groups in total. The van der Waals surface area contributed by atoms with Crippen molar-refractivity contribution in [1.29, 1.82) is 0 Å². The lowest BCUT2D eigenvalue weighted by Gasteiger charge is -2.10. The Labute approximate surface area is 82.5 Å². The molecule has 0 saturated carbocycles. The second-order valence-corrected chi connectivity index (χ2v) is 2.93. The van der Waals surface area contributed by atoms with E-state index < -0.39 is 6.09 Å². The topological polar surface area (TPSA) is 58.6 Å². The summed E-state index contributed by atoms with van der Waals surface area (Å²) in [6.07, 6.45) is -0.558. The monoisotopic (exact) mass is 195 g/mol. The molecule has 0 aliphatic heterocycles. The summed E-state index contributed by atoms with van der Waals surface area (Å²) < 4.78 is 4.93. The standard InChI is InChI=1S/C10H13NO3/c1-8(7-12)11-10(13)14-9-5-3-2-4-6-9/h2-6,8,12H,7H2,1H3,(H,11,13)/t8-/m1/s1. The fourth-order valence-corrected chi connectivity index (χ4v) is 0.872. The first-order valence-electron chi connectivity index (χ1n) is 4.36. The molecule has 0 spiro atoms. The molecule has 1 rings (SSSR count). The van der Waals surface area contributed by atoms with Crippen LogP contribution in [0.5, 0.6) is 5.75 Å². The molecule has 0 saturated heterocycles. The van der Waals surface area contributed by atoms with Crippen LogP contribution in [-0.2, 0) is 0 Å². The molecule has 0 fully saturated rings. The van der Waals surface area contributed by atoms with Gasteiger partial charge in [-0.15, -0.1) is 0 Å². The van der Waals surface area contributed by atoms with Crippen LogP contribution in [0.1, 0.15) is 6.92 Å². The lowest BCUT2D eigenvalue weighted by molar-refractivity contribution is 0.186. The number of para-hydroxylation sites is 1. The molecule has 1 atom stereocenters. The summed E-state index contributed by atoms with van der Waals surface area (Å²) in [6, 6.07) is 8.45. The Morgan fingerprint density at radius 3 is 2.71 bits per heavy atom. The number of benzene rings is 1. The zero-order chi connectivity index (χ0) is 10.4. The molecule has 1 amide bonds. The van der Waals surface area contributed by atoms with E-state index in [1.54, 1.807) is 31.2 Å². The van der Waals surface area contributed by atoms with Gasteiger partial charge in [0.15, 0.2) is 0 Å². The quantitative estimate of drug-likeness (QED) is 0.760. The van der Waals surface area contributed by atoms with E-state index in [1.807, 2.05) is 6.07 Å². The maximum atomic E-state index is 11.1. The fraction of sp³-hybridized carbons (Fsp3) is 0.300. The number of hydrogen-bond acceptors (Lipinski definition) is 3. The Morgan fingerprint density at radius 2 is 2.14 bits per heavy atom. The van der Waals surface area contributed by atoms with Crippen molar-refractivity contribution in [3.05, 3.63) is 30.3 Å². The van der Waals surface area contributed by atoms with Gasteiger partial charge in [-0.3, -0.25) is 0 Å². The Balaban J connectivity index is 2.42. The van der Waals surface area contributed by atoms with Crippen LogP contribution in [0.25, 0.3) is 0 Å². The number of carbonyl (C=O) groups is 1. The van der Waals surface area contributed by atoms with E-state index in [4.69, 9.17) is 9.84 Å². The molecule has 0 aromatic heterocycles. The van der Waals surface area contributed by atoms with E-state index >= 15 is 0 Å². The molecule has 0 aliphatic rings. The van der Waals surface area contributed by atoms with Crippen LogP contribution >= 0.6 is 0 Å². The van der Waals surface area contributed by atoms with Gasteiger partial charge in [0, 0.05) is 0 Å². The summed E-state index contributed by atoms with van der Waals surface area (Å²) in [5.41, 5.74) is 0. The highest BCUT2D eigenvalue weighted by Crippen LogP contribution is 2.08. The van der Waals surface area contributed by atoms with Gasteiger partial charge >= 0.3 is 6.09 Å². The van der Waals surface area contributed by atoms with Crippen LogP contribution in [0.3, 0.4) is 0 Å². The van der Waals surface area contributed by atoms with E-state index in [0.29, 0.717) is 5.75 Å². The second kappa shape index (κ2) is 5.24. The van der Waals surface area contributed by atoms with Crippen molar-refractivity contribution < 1.29 is 14.6 Å². The van der Waals surface area contributed by atoms with Crippen LogP contribution in [-0.4, -0.2) is 23.8 Å². The number of rotatable bonds is 3. The van der Waals surface area contributed by atoms with Crippen LogP contribution in [0.2, 0.25) is 0 Å². The van der Waals surface area contributed by atoms with Gasteiger partial charge in [0.1, 0.15) is 5.75 Å². The average molecular weight is 195 g/mol. The third-order valence-corrected chi connectivity index (χ3v) is 1.59. The van der Waals surface area contributed by atoms with Gasteiger partial charge in [0.05, 0.1) is 12.6 Å². The lowest BCUT2D eigenvalue weighted by atomic mass is 10.3. The maximum absolute atomic E-state index is 11.1. The average Bonchev–Trinajstić information content (AvgIpc) is 2.19. The van der Waals surface area contributed by atoms with Crippen molar-refractivity contribution in [3.8, 4) is 5.75 Å². The van der Waals surface area contributed by atoms with E-state index in [0.717, 1.165) is 0 Å². The number of carbonyl (C=O) groups excluding carboxylic acids is 1. The summed E-state index contributed by atoms with van der Waals surface area (Å²) in [4.78, 5) is 11.1. The first kappa shape index (κ1) is 10.5. The van der Waals surface area contributed by atoms with E-state index in [9.17, 15) is 4.79 Å². The van der Waals surface area contributed by atoms with Crippen LogP contribution in [0.4, 0.5) is 4.79 Å². The van der Waals surface area contributed by atoms with Crippen molar-refractivity contribution in [2.24, 2.45) is 0 Å². The van der Waals surface area contributed by atoms with Crippen LogP contribution < -0.4 is 10.1 Å². The van der Waals surface area contributed by atoms with Crippen molar-refractivity contribution in [1.82, 2.24) is 5.32 Å². The van der Waals surface area contributed by atoms with Gasteiger partial charge in [0.25, 0.3) is 0 Å². The summed E-state index contributed by atoms with van der Waals surface area (Å²) in [7, 11) is 0. The minimum absolute atomic E-state index is 0.107. The number of nitrogens with one attached hydrogen (secondary N) is 1. The van der Waals surface area contributed by atoms with Gasteiger partial charge in [0.2, 0.25) is 0 Å². The minimum atomic E-state index is -0.558. The highest BCUT2D eigenvalue weighted by Gasteiger charge is 2.07. The normalized spacial score (nSPS) is 11.9. The molecule has 0 bridgehead atoms. The molecule has 76 valence electrons. The van der Waals surface area contributed by atoms with Gasteiger partial charge in [-0.2, -0.15) is 0 Å². The summed E-state index contributed by atoms with van der Waals surface area (Å²) in [5.74, 6) is 0.482. The molecular weight excluding hydrogens is 182 g/mol. The molecule has 4 nitrogen and oxygen atoms in total. The van der Waals surface area contributed by atoms with Gasteiger partial charge < -0.3 is 15.2 Å². The Kier molecular flexibility index (Phi) is 3.94. The minimum Gasteiger partial charge on any atom is -0.410 e. The third kappa shape index (κ3) is 3.45. The molecule has 0 radical (unpaired) electrons. The first-order valence-corrected chi connectivity index (χ1v) is 4.36. The largest absolute Gasteiger partial charge is 0.412 e. The molecule has 14 heavy (non-hydrogen) atoms. The molecule has 0 unspecified atom stereocenters. The summed E-state index contributed by atoms with van der Waals surface area (Å²) >= 11 is 0.